The van der Waals surface area contributed by atoms with E-state index in [-0.39, 0.29) is 18.4 Å². The Labute approximate surface area is 168 Å². The lowest BCUT2D eigenvalue weighted by molar-refractivity contribution is -0.133. The molecular formula is C21H31ClN2O3. The zero-order valence-corrected chi connectivity index (χ0v) is 16.9. The van der Waals surface area contributed by atoms with Crippen LogP contribution in [0.2, 0.25) is 0 Å². The Kier molecular flexibility index (Phi) is 6.88. The van der Waals surface area contributed by atoms with Crippen LogP contribution in [-0.4, -0.2) is 43.7 Å². The van der Waals surface area contributed by atoms with Crippen LogP contribution in [0.3, 0.4) is 0 Å². The Morgan fingerprint density at radius 3 is 2.70 bits per heavy atom. The van der Waals surface area contributed by atoms with Crippen molar-refractivity contribution in [3.05, 3.63) is 23.8 Å². The van der Waals surface area contributed by atoms with E-state index < -0.39 is 0 Å². The van der Waals surface area contributed by atoms with E-state index in [4.69, 9.17) is 9.47 Å². The van der Waals surface area contributed by atoms with E-state index in [0.717, 1.165) is 44.0 Å². The lowest BCUT2D eigenvalue weighted by Crippen LogP contribution is -2.35. The van der Waals surface area contributed by atoms with Crippen molar-refractivity contribution in [3.8, 4) is 11.5 Å². The average Bonchev–Trinajstić information content (AvgIpc) is 3.18. The van der Waals surface area contributed by atoms with Gasteiger partial charge in [0.25, 0.3) is 0 Å². The Morgan fingerprint density at radius 1 is 1.19 bits per heavy atom. The molecule has 4 rings (SSSR count). The first kappa shape index (κ1) is 20.3. The second-order valence-electron chi connectivity index (χ2n) is 7.92. The number of halogens is 1. The Bertz CT molecular complexity index is 648. The number of carbonyl (C=O) groups is 1. The maximum atomic E-state index is 13.0. The second kappa shape index (κ2) is 9.16. The molecule has 0 aromatic heterocycles. The van der Waals surface area contributed by atoms with Crippen LogP contribution in [0.5, 0.6) is 11.5 Å². The maximum Gasteiger partial charge on any atom is 0.223 e. The van der Waals surface area contributed by atoms with Gasteiger partial charge in [-0.1, -0.05) is 13.0 Å². The van der Waals surface area contributed by atoms with Gasteiger partial charge in [0.2, 0.25) is 5.91 Å². The van der Waals surface area contributed by atoms with E-state index >= 15 is 0 Å². The quantitative estimate of drug-likeness (QED) is 0.848. The van der Waals surface area contributed by atoms with Gasteiger partial charge in [-0.05, 0) is 68.3 Å². The van der Waals surface area contributed by atoms with E-state index in [2.05, 4.69) is 29.3 Å². The molecule has 3 aliphatic rings. The third-order valence-corrected chi connectivity index (χ3v) is 6.21. The molecule has 0 radical (unpaired) electrons. The van der Waals surface area contributed by atoms with Crippen LogP contribution in [0.15, 0.2) is 18.2 Å². The molecule has 1 N–H and O–H groups in total. The van der Waals surface area contributed by atoms with Crippen molar-refractivity contribution in [1.82, 2.24) is 10.2 Å². The number of piperidine rings is 1. The van der Waals surface area contributed by atoms with E-state index in [1.165, 1.54) is 18.4 Å². The SMILES string of the molecule is CC(CC(=O)N1CCCC1c1ccc2c(c1)OCCO2)C1CCNCC1.Cl. The monoisotopic (exact) mass is 394 g/mol. The largest absolute Gasteiger partial charge is 0.486 e. The third kappa shape index (κ3) is 4.52. The molecule has 150 valence electrons. The van der Waals surface area contributed by atoms with Crippen LogP contribution in [0.1, 0.15) is 50.6 Å². The number of carbonyl (C=O) groups excluding carboxylic acids is 1. The number of rotatable bonds is 4. The summed E-state index contributed by atoms with van der Waals surface area (Å²) in [6.45, 7) is 6.51. The summed E-state index contributed by atoms with van der Waals surface area (Å²) >= 11 is 0. The predicted octanol–water partition coefficient (Wildman–Crippen LogP) is 3.57. The van der Waals surface area contributed by atoms with Crippen molar-refractivity contribution in [3.63, 3.8) is 0 Å². The summed E-state index contributed by atoms with van der Waals surface area (Å²) in [5.74, 6) is 3.08. The number of fused-ring (bicyclic) bond motifs is 1. The molecule has 1 aromatic carbocycles. The number of ether oxygens (including phenoxy) is 2. The van der Waals surface area contributed by atoms with Gasteiger partial charge < -0.3 is 19.7 Å². The van der Waals surface area contributed by atoms with Gasteiger partial charge in [-0.3, -0.25) is 4.79 Å². The summed E-state index contributed by atoms with van der Waals surface area (Å²) in [5, 5.41) is 3.41. The fraction of sp³-hybridized carbons (Fsp3) is 0.667. The van der Waals surface area contributed by atoms with E-state index in [1.54, 1.807) is 0 Å². The predicted molar refractivity (Wildman–Crippen MR) is 108 cm³/mol. The van der Waals surface area contributed by atoms with Crippen molar-refractivity contribution >= 4 is 18.3 Å². The van der Waals surface area contributed by atoms with Crippen LogP contribution in [0.25, 0.3) is 0 Å². The smallest absolute Gasteiger partial charge is 0.223 e. The molecule has 3 heterocycles. The number of amides is 1. The van der Waals surface area contributed by atoms with Crippen molar-refractivity contribution in [2.75, 3.05) is 32.8 Å². The first-order valence-electron chi connectivity index (χ1n) is 10.1. The summed E-state index contributed by atoms with van der Waals surface area (Å²) in [6.07, 6.45) is 5.17. The maximum absolute atomic E-state index is 13.0. The van der Waals surface area contributed by atoms with Gasteiger partial charge in [0.05, 0.1) is 6.04 Å². The summed E-state index contributed by atoms with van der Waals surface area (Å²) in [6, 6.07) is 6.34. The van der Waals surface area contributed by atoms with Crippen molar-refractivity contribution < 1.29 is 14.3 Å². The molecule has 2 unspecified atom stereocenters. The van der Waals surface area contributed by atoms with E-state index in [9.17, 15) is 4.79 Å². The average molecular weight is 395 g/mol. The zero-order chi connectivity index (χ0) is 17.9. The van der Waals surface area contributed by atoms with Crippen LogP contribution in [0, 0.1) is 11.8 Å². The molecule has 0 aliphatic carbocycles. The number of hydrogen-bond acceptors (Lipinski definition) is 4. The molecule has 2 fully saturated rings. The fourth-order valence-electron chi connectivity index (χ4n) is 4.65. The molecule has 2 atom stereocenters. The van der Waals surface area contributed by atoms with Gasteiger partial charge in [0.15, 0.2) is 11.5 Å². The molecule has 0 saturated carbocycles. The molecule has 6 heteroatoms. The first-order valence-corrected chi connectivity index (χ1v) is 10.1. The molecule has 0 spiro atoms. The summed E-state index contributed by atoms with van der Waals surface area (Å²) in [7, 11) is 0. The molecule has 2 saturated heterocycles. The zero-order valence-electron chi connectivity index (χ0n) is 16.1. The highest BCUT2D eigenvalue weighted by Crippen LogP contribution is 2.39. The highest BCUT2D eigenvalue weighted by Gasteiger charge is 2.32. The minimum Gasteiger partial charge on any atom is -0.486 e. The second-order valence-corrected chi connectivity index (χ2v) is 7.92. The van der Waals surface area contributed by atoms with Gasteiger partial charge in [0.1, 0.15) is 13.2 Å². The summed E-state index contributed by atoms with van der Waals surface area (Å²) in [5.41, 5.74) is 1.18. The Morgan fingerprint density at radius 2 is 1.93 bits per heavy atom. The summed E-state index contributed by atoms with van der Waals surface area (Å²) in [4.78, 5) is 15.1. The molecule has 3 aliphatic heterocycles. The van der Waals surface area contributed by atoms with Crippen LogP contribution >= 0.6 is 12.4 Å². The van der Waals surface area contributed by atoms with Crippen molar-refractivity contribution in [2.45, 2.75) is 45.1 Å². The fourth-order valence-corrected chi connectivity index (χ4v) is 4.65. The van der Waals surface area contributed by atoms with Crippen molar-refractivity contribution in [2.24, 2.45) is 11.8 Å². The molecular weight excluding hydrogens is 364 g/mol. The van der Waals surface area contributed by atoms with Gasteiger partial charge in [0, 0.05) is 13.0 Å². The van der Waals surface area contributed by atoms with Crippen LogP contribution < -0.4 is 14.8 Å². The molecule has 0 bridgehead atoms. The van der Waals surface area contributed by atoms with E-state index in [0.29, 0.717) is 37.4 Å². The minimum atomic E-state index is 0. The Balaban J connectivity index is 0.00000210. The van der Waals surface area contributed by atoms with Gasteiger partial charge in [-0.15, -0.1) is 12.4 Å². The minimum absolute atomic E-state index is 0. The molecule has 1 aromatic rings. The van der Waals surface area contributed by atoms with Gasteiger partial charge in [-0.2, -0.15) is 0 Å². The van der Waals surface area contributed by atoms with Gasteiger partial charge in [-0.25, -0.2) is 0 Å². The number of benzene rings is 1. The standard InChI is InChI=1S/C21H30N2O3.ClH/c1-15(16-6-8-22-9-7-16)13-21(24)23-10-2-3-18(23)17-4-5-19-20(14-17)26-12-11-25-19;/h4-5,14-16,18,22H,2-3,6-13H2,1H3;1H. The van der Waals surface area contributed by atoms with E-state index in [1.807, 2.05) is 6.07 Å². The number of likely N-dealkylation sites (tertiary alicyclic amines) is 1. The van der Waals surface area contributed by atoms with Gasteiger partial charge >= 0.3 is 0 Å². The van der Waals surface area contributed by atoms with Crippen LogP contribution in [-0.2, 0) is 4.79 Å². The highest BCUT2D eigenvalue weighted by atomic mass is 35.5. The number of nitrogens with zero attached hydrogens (tertiary/aromatic N) is 1. The molecule has 27 heavy (non-hydrogen) atoms. The van der Waals surface area contributed by atoms with Crippen LogP contribution in [0.4, 0.5) is 0 Å². The third-order valence-electron chi connectivity index (χ3n) is 6.21. The highest BCUT2D eigenvalue weighted by molar-refractivity contribution is 5.85. The number of hydrogen-bond donors (Lipinski definition) is 1. The summed E-state index contributed by atoms with van der Waals surface area (Å²) < 4.78 is 11.4. The lowest BCUT2D eigenvalue weighted by Gasteiger charge is -2.31. The normalized spacial score (nSPS) is 23.6. The lowest BCUT2D eigenvalue weighted by atomic mass is 9.84. The molecule has 5 nitrogen and oxygen atoms in total. The topological polar surface area (TPSA) is 50.8 Å². The Hall–Kier alpha value is -1.46. The first-order chi connectivity index (χ1) is 12.7. The van der Waals surface area contributed by atoms with Crippen molar-refractivity contribution in [1.29, 1.82) is 0 Å². The number of nitrogens with one attached hydrogen (secondary N) is 1. The molecule has 1 amide bonds.